The van der Waals surface area contributed by atoms with E-state index < -0.39 is 11.4 Å². The number of aromatic nitrogens is 1. The van der Waals surface area contributed by atoms with Gasteiger partial charge in [0.1, 0.15) is 5.69 Å². The Hall–Kier alpha value is -2.21. The van der Waals surface area contributed by atoms with E-state index >= 15 is 0 Å². The molecule has 1 aliphatic heterocycles. The summed E-state index contributed by atoms with van der Waals surface area (Å²) < 4.78 is 0. The Labute approximate surface area is 157 Å². The minimum Gasteiger partial charge on any atom is -0.481 e. The van der Waals surface area contributed by atoms with E-state index in [1.54, 1.807) is 10.3 Å². The molecule has 1 aromatic heterocycles. The number of carboxylic acids is 1. The predicted octanol–water partition coefficient (Wildman–Crippen LogP) is 3.70. The lowest BCUT2D eigenvalue weighted by Gasteiger charge is -2.39. The smallest absolute Gasteiger partial charge is 0.314 e. The van der Waals surface area contributed by atoms with Gasteiger partial charge in [0.05, 0.1) is 10.4 Å². The third-order valence-electron chi connectivity index (χ3n) is 5.00. The van der Waals surface area contributed by atoms with Crippen molar-refractivity contribution in [1.29, 1.82) is 0 Å². The molecule has 0 bridgehead atoms. The molecule has 0 spiro atoms. The largest absolute Gasteiger partial charge is 0.481 e. The van der Waals surface area contributed by atoms with Crippen molar-refractivity contribution in [2.75, 3.05) is 13.1 Å². The van der Waals surface area contributed by atoms with Crippen LogP contribution in [0.1, 0.15) is 54.7 Å². The van der Waals surface area contributed by atoms with E-state index in [9.17, 15) is 14.7 Å². The van der Waals surface area contributed by atoms with Gasteiger partial charge >= 0.3 is 5.97 Å². The lowest BCUT2D eigenvalue weighted by atomic mass is 9.73. The average molecular weight is 372 g/mol. The van der Waals surface area contributed by atoms with E-state index in [1.807, 2.05) is 30.3 Å². The first-order valence-corrected chi connectivity index (χ1v) is 9.66. The minimum absolute atomic E-state index is 0.0864. The molecule has 1 aromatic carbocycles. The average Bonchev–Trinajstić information content (AvgIpc) is 3.12. The van der Waals surface area contributed by atoms with Gasteiger partial charge in [-0.25, -0.2) is 4.98 Å². The molecule has 6 heteroatoms. The number of rotatable bonds is 3. The topological polar surface area (TPSA) is 70.5 Å². The van der Waals surface area contributed by atoms with Crippen molar-refractivity contribution in [2.45, 2.75) is 44.4 Å². The van der Waals surface area contributed by atoms with Crippen LogP contribution in [0.25, 0.3) is 0 Å². The second kappa shape index (κ2) is 6.83. The molecule has 1 aliphatic rings. The summed E-state index contributed by atoms with van der Waals surface area (Å²) in [5.41, 5.74) is 0.263. The summed E-state index contributed by atoms with van der Waals surface area (Å²) >= 11 is 1.50. The Balaban J connectivity index is 1.76. The number of carbonyl (C=O) groups excluding carboxylic acids is 1. The number of carboxylic acid groups (broad SMARTS) is 1. The Morgan fingerprint density at radius 2 is 1.77 bits per heavy atom. The van der Waals surface area contributed by atoms with E-state index in [1.165, 1.54) is 11.3 Å². The first-order valence-electron chi connectivity index (χ1n) is 8.78. The maximum Gasteiger partial charge on any atom is 0.314 e. The van der Waals surface area contributed by atoms with E-state index in [4.69, 9.17) is 0 Å². The molecule has 0 aliphatic carbocycles. The van der Waals surface area contributed by atoms with Crippen molar-refractivity contribution in [3.05, 3.63) is 52.0 Å². The Bertz CT molecular complexity index is 800. The fourth-order valence-corrected chi connectivity index (χ4v) is 4.23. The Morgan fingerprint density at radius 1 is 1.15 bits per heavy atom. The van der Waals surface area contributed by atoms with Crippen LogP contribution < -0.4 is 0 Å². The van der Waals surface area contributed by atoms with Gasteiger partial charge in [-0.15, -0.1) is 11.3 Å². The van der Waals surface area contributed by atoms with E-state index in [2.05, 4.69) is 25.8 Å². The molecule has 1 saturated heterocycles. The quantitative estimate of drug-likeness (QED) is 0.892. The normalized spacial score (nSPS) is 17.1. The second-order valence-corrected chi connectivity index (χ2v) is 8.69. The molecule has 0 radical (unpaired) electrons. The number of amides is 1. The highest BCUT2D eigenvalue weighted by Crippen LogP contribution is 2.36. The van der Waals surface area contributed by atoms with Crippen molar-refractivity contribution in [3.63, 3.8) is 0 Å². The van der Waals surface area contributed by atoms with Crippen LogP contribution in [0, 0.1) is 0 Å². The number of carbonyl (C=O) groups is 2. The minimum atomic E-state index is -0.920. The molecular formula is C20H24N2O3S. The third-order valence-corrected chi connectivity index (χ3v) is 6.27. The van der Waals surface area contributed by atoms with Crippen LogP contribution in [0.15, 0.2) is 35.7 Å². The van der Waals surface area contributed by atoms with Gasteiger partial charge in [-0.05, 0) is 18.4 Å². The summed E-state index contributed by atoms with van der Waals surface area (Å²) in [5, 5.41) is 12.6. The molecule has 0 saturated carbocycles. The number of nitrogens with zero attached hydrogens (tertiary/aromatic N) is 2. The van der Waals surface area contributed by atoms with Gasteiger partial charge in [0.2, 0.25) is 0 Å². The van der Waals surface area contributed by atoms with Gasteiger partial charge < -0.3 is 10.0 Å². The van der Waals surface area contributed by atoms with Crippen molar-refractivity contribution in [1.82, 2.24) is 9.88 Å². The fraction of sp³-hybridized carbons (Fsp3) is 0.450. The van der Waals surface area contributed by atoms with Crippen LogP contribution in [0.2, 0.25) is 0 Å². The lowest BCUT2D eigenvalue weighted by molar-refractivity contribution is -0.145. The van der Waals surface area contributed by atoms with Gasteiger partial charge in [-0.2, -0.15) is 0 Å². The van der Waals surface area contributed by atoms with Crippen molar-refractivity contribution in [3.8, 4) is 0 Å². The molecule has 0 atom stereocenters. The van der Waals surface area contributed by atoms with Gasteiger partial charge in [0.15, 0.2) is 0 Å². The molecule has 26 heavy (non-hydrogen) atoms. The Kier molecular flexibility index (Phi) is 4.88. The fourth-order valence-electron chi connectivity index (χ4n) is 3.35. The van der Waals surface area contributed by atoms with Gasteiger partial charge in [-0.3, -0.25) is 9.59 Å². The molecule has 3 rings (SSSR count). The summed E-state index contributed by atoms with van der Waals surface area (Å²) in [6.07, 6.45) is 0.822. The maximum atomic E-state index is 12.8. The molecule has 138 valence electrons. The summed E-state index contributed by atoms with van der Waals surface area (Å²) in [6.45, 7) is 7.05. The Morgan fingerprint density at radius 3 is 2.27 bits per heavy atom. The molecule has 1 fully saturated rings. The predicted molar refractivity (Wildman–Crippen MR) is 102 cm³/mol. The number of thiazole rings is 1. The van der Waals surface area contributed by atoms with Crippen LogP contribution >= 0.6 is 11.3 Å². The monoisotopic (exact) mass is 372 g/mol. The highest BCUT2D eigenvalue weighted by molar-refractivity contribution is 7.10. The number of hydrogen-bond acceptors (Lipinski definition) is 4. The number of hydrogen-bond donors (Lipinski definition) is 1. The van der Waals surface area contributed by atoms with Gasteiger partial charge in [-0.1, -0.05) is 51.1 Å². The van der Waals surface area contributed by atoms with Crippen LogP contribution in [-0.4, -0.2) is 40.0 Å². The zero-order chi connectivity index (χ0) is 18.9. The highest BCUT2D eigenvalue weighted by atomic mass is 32.1. The maximum absolute atomic E-state index is 12.8. The number of aliphatic carboxylic acids is 1. The lowest BCUT2D eigenvalue weighted by Crippen LogP contribution is -2.49. The van der Waals surface area contributed by atoms with Gasteiger partial charge in [0, 0.05) is 23.9 Å². The SMILES string of the molecule is CC(C)(C)c1nc(C(=O)N2CCC(C(=O)O)(c3ccccc3)CC2)cs1. The van der Waals surface area contributed by atoms with Crippen molar-refractivity contribution >= 4 is 23.2 Å². The summed E-state index contributed by atoms with van der Waals surface area (Å²) in [7, 11) is 0. The molecular weight excluding hydrogens is 348 g/mol. The first kappa shape index (κ1) is 18.6. The van der Waals surface area contributed by atoms with Crippen LogP contribution in [0.5, 0.6) is 0 Å². The molecule has 5 nitrogen and oxygen atoms in total. The standard InChI is InChI=1S/C20H24N2O3S/c1-19(2,3)17-21-15(13-26-17)16(23)22-11-9-20(10-12-22,18(24)25)14-7-5-4-6-8-14/h4-8,13H,9-12H2,1-3H3,(H,24,25). The molecule has 1 N–H and O–H groups in total. The summed E-state index contributed by atoms with van der Waals surface area (Å²) in [4.78, 5) is 31.0. The molecule has 1 amide bonds. The summed E-state index contributed by atoms with van der Waals surface area (Å²) in [6, 6.07) is 9.33. The zero-order valence-electron chi connectivity index (χ0n) is 15.4. The third kappa shape index (κ3) is 3.38. The number of benzene rings is 1. The summed E-state index contributed by atoms with van der Waals surface area (Å²) in [5.74, 6) is -0.928. The van der Waals surface area contributed by atoms with E-state index in [-0.39, 0.29) is 11.3 Å². The second-order valence-electron chi connectivity index (χ2n) is 7.83. The molecule has 0 unspecified atom stereocenters. The number of likely N-dealkylation sites (tertiary alicyclic amines) is 1. The van der Waals surface area contributed by atoms with Crippen LogP contribution in [-0.2, 0) is 15.6 Å². The zero-order valence-corrected chi connectivity index (χ0v) is 16.2. The highest BCUT2D eigenvalue weighted by Gasteiger charge is 2.44. The van der Waals surface area contributed by atoms with Crippen LogP contribution in [0.4, 0.5) is 0 Å². The van der Waals surface area contributed by atoms with Crippen molar-refractivity contribution in [2.24, 2.45) is 0 Å². The van der Waals surface area contributed by atoms with Crippen molar-refractivity contribution < 1.29 is 14.7 Å². The van der Waals surface area contributed by atoms with E-state index in [0.717, 1.165) is 10.6 Å². The van der Waals surface area contributed by atoms with Gasteiger partial charge in [0.25, 0.3) is 5.91 Å². The van der Waals surface area contributed by atoms with Crippen LogP contribution in [0.3, 0.4) is 0 Å². The molecule has 2 aromatic rings. The first-order chi connectivity index (χ1) is 12.2. The molecule has 2 heterocycles. The van der Waals surface area contributed by atoms with E-state index in [0.29, 0.717) is 31.6 Å². The number of piperidine rings is 1.